The Labute approximate surface area is 177 Å². The van der Waals surface area contributed by atoms with Crippen LogP contribution in [0.4, 0.5) is 5.82 Å². The average molecular weight is 463 g/mol. The van der Waals surface area contributed by atoms with Gasteiger partial charge in [0, 0.05) is 26.2 Å². The zero-order chi connectivity index (χ0) is 22.1. The number of carbonyl (C=O) groups excluding carboxylic acids is 1. The topological polar surface area (TPSA) is 160 Å². The average Bonchev–Trinajstić information content (AvgIpc) is 2.97. The van der Waals surface area contributed by atoms with Gasteiger partial charge in [0.15, 0.2) is 22.2 Å². The number of rotatable bonds is 4. The van der Waals surface area contributed by atoms with E-state index in [4.69, 9.17) is 21.7 Å². The first-order valence-corrected chi connectivity index (χ1v) is 11.3. The second kappa shape index (κ2) is 8.93. The number of nitrogens with zero attached hydrogens (tertiary/aromatic N) is 3. The summed E-state index contributed by atoms with van der Waals surface area (Å²) in [5.41, 5.74) is -0.777. The molecular formula is C16H22N4O8S2. The fourth-order valence-electron chi connectivity index (χ4n) is 3.16. The van der Waals surface area contributed by atoms with Crippen LogP contribution in [0.3, 0.4) is 0 Å². The Morgan fingerprint density at radius 2 is 2.10 bits per heavy atom. The molecule has 3 rings (SSSR count). The van der Waals surface area contributed by atoms with E-state index in [0.717, 1.165) is 4.57 Å². The van der Waals surface area contributed by atoms with Crippen LogP contribution in [0, 0.1) is 0 Å². The zero-order valence-electron chi connectivity index (χ0n) is 16.0. The lowest BCUT2D eigenvalue weighted by atomic mass is 10.1. The van der Waals surface area contributed by atoms with Crippen LogP contribution >= 0.6 is 12.2 Å². The van der Waals surface area contributed by atoms with Gasteiger partial charge in [0.05, 0.1) is 18.1 Å². The second-order valence-corrected chi connectivity index (χ2v) is 9.56. The molecule has 1 aromatic rings. The third-order valence-electron chi connectivity index (χ3n) is 4.74. The zero-order valence-corrected chi connectivity index (χ0v) is 17.6. The molecule has 3 N–H and O–H groups in total. The molecule has 0 aliphatic carbocycles. The summed E-state index contributed by atoms with van der Waals surface area (Å²) in [6, 6.07) is 1.37. The molecule has 1 aromatic heterocycles. The first kappa shape index (κ1) is 22.6. The Hall–Kier alpha value is -2.13. The fraction of sp³-hybridized carbons (Fsp3) is 0.625. The molecule has 1 amide bonds. The van der Waals surface area contributed by atoms with Gasteiger partial charge >= 0.3 is 5.69 Å². The van der Waals surface area contributed by atoms with Gasteiger partial charge in [0.2, 0.25) is 5.91 Å². The number of hydrogen-bond acceptors (Lipinski definition) is 10. The molecule has 2 aliphatic heterocycles. The molecule has 0 radical (unpaired) electrons. The molecule has 0 spiro atoms. The highest BCUT2D eigenvalue weighted by Gasteiger charge is 2.47. The lowest BCUT2D eigenvalue weighted by molar-refractivity contribution is -0.114. The number of anilines is 1. The summed E-state index contributed by atoms with van der Waals surface area (Å²) >= 11 is 5.25. The monoisotopic (exact) mass is 462 g/mol. The minimum atomic E-state index is -3.12. The normalized spacial score (nSPS) is 28.2. The Balaban J connectivity index is 1.80. The number of thiocarbonyl (C=S) groups is 1. The smallest absolute Gasteiger partial charge is 0.351 e. The molecule has 2 saturated heterocycles. The maximum absolute atomic E-state index is 12.4. The van der Waals surface area contributed by atoms with E-state index in [0.29, 0.717) is 0 Å². The first-order valence-electron chi connectivity index (χ1n) is 9.08. The summed E-state index contributed by atoms with van der Waals surface area (Å²) in [6.07, 6.45) is -3.35. The third kappa shape index (κ3) is 4.95. The number of aliphatic hydroxyl groups is 2. The van der Waals surface area contributed by atoms with Crippen LogP contribution < -0.4 is 11.0 Å². The van der Waals surface area contributed by atoms with E-state index in [1.165, 1.54) is 19.2 Å². The number of nitrogens with one attached hydrogen (secondary N) is 1. The first-order chi connectivity index (χ1) is 14.1. The van der Waals surface area contributed by atoms with Gasteiger partial charge in [-0.25, -0.2) is 13.2 Å². The van der Waals surface area contributed by atoms with E-state index in [1.807, 2.05) is 0 Å². The molecule has 166 valence electrons. The second-order valence-electron chi connectivity index (χ2n) is 6.91. The van der Waals surface area contributed by atoms with Crippen molar-refractivity contribution in [2.45, 2.75) is 31.5 Å². The molecule has 0 bridgehead atoms. The van der Waals surface area contributed by atoms with E-state index in [-0.39, 0.29) is 35.6 Å². The van der Waals surface area contributed by atoms with E-state index in [2.05, 4.69) is 10.3 Å². The van der Waals surface area contributed by atoms with Gasteiger partial charge in [-0.1, -0.05) is 0 Å². The van der Waals surface area contributed by atoms with Gasteiger partial charge in [-0.3, -0.25) is 9.36 Å². The lowest BCUT2D eigenvalue weighted by Gasteiger charge is -2.31. The van der Waals surface area contributed by atoms with E-state index in [1.54, 1.807) is 4.90 Å². The highest BCUT2D eigenvalue weighted by molar-refractivity contribution is 7.91. The summed E-state index contributed by atoms with van der Waals surface area (Å²) in [5.74, 6) is -0.500. The van der Waals surface area contributed by atoms with Crippen molar-refractivity contribution in [1.82, 2.24) is 14.5 Å². The van der Waals surface area contributed by atoms with Crippen molar-refractivity contribution in [1.29, 1.82) is 0 Å². The molecule has 4 atom stereocenters. The van der Waals surface area contributed by atoms with Gasteiger partial charge in [-0.15, -0.1) is 0 Å². The maximum atomic E-state index is 12.4. The SMILES string of the molecule is CC(=O)Nc1ccn(C2OC(CO)C(O)C2OC(=S)N2CCS(=O)(=O)CC2)c(=O)n1. The highest BCUT2D eigenvalue weighted by Crippen LogP contribution is 2.31. The maximum Gasteiger partial charge on any atom is 0.351 e. The van der Waals surface area contributed by atoms with Crippen molar-refractivity contribution in [3.8, 4) is 0 Å². The van der Waals surface area contributed by atoms with Crippen molar-refractivity contribution in [2.24, 2.45) is 0 Å². The summed E-state index contributed by atoms with van der Waals surface area (Å²) in [5, 5.41) is 22.3. The number of sulfone groups is 1. The Kier molecular flexibility index (Phi) is 6.71. The van der Waals surface area contributed by atoms with Crippen molar-refractivity contribution in [3.05, 3.63) is 22.7 Å². The van der Waals surface area contributed by atoms with Crippen LogP contribution in [-0.2, 0) is 24.1 Å². The lowest BCUT2D eigenvalue weighted by Crippen LogP contribution is -2.47. The minimum absolute atomic E-state index is 0.0444. The van der Waals surface area contributed by atoms with Crippen molar-refractivity contribution < 1.29 is 32.9 Å². The number of aliphatic hydroxyl groups excluding tert-OH is 2. The third-order valence-corrected chi connectivity index (χ3v) is 6.70. The Morgan fingerprint density at radius 1 is 1.43 bits per heavy atom. The molecule has 12 nitrogen and oxygen atoms in total. The van der Waals surface area contributed by atoms with Crippen LogP contribution in [0.1, 0.15) is 13.2 Å². The number of carbonyl (C=O) groups is 1. The van der Waals surface area contributed by atoms with Crippen molar-refractivity contribution >= 4 is 39.0 Å². The van der Waals surface area contributed by atoms with E-state index < -0.39 is 52.6 Å². The standard InChI is InChI=1S/C16H22N4O8S2/c1-9(22)17-11-2-3-20(15(24)18-11)14-13(12(23)10(8-21)27-14)28-16(29)19-4-6-30(25,26)7-5-19/h2-3,10,12-14,21,23H,4-8H2,1H3,(H,17,18,22,24). The minimum Gasteiger partial charge on any atom is -0.460 e. The van der Waals surface area contributed by atoms with Crippen LogP contribution in [0.5, 0.6) is 0 Å². The molecule has 3 heterocycles. The number of ether oxygens (including phenoxy) is 2. The van der Waals surface area contributed by atoms with Crippen molar-refractivity contribution in [2.75, 3.05) is 36.5 Å². The Bertz CT molecular complexity index is 968. The van der Waals surface area contributed by atoms with Crippen molar-refractivity contribution in [3.63, 3.8) is 0 Å². The van der Waals surface area contributed by atoms with E-state index >= 15 is 0 Å². The molecule has 0 saturated carbocycles. The largest absolute Gasteiger partial charge is 0.460 e. The predicted molar refractivity (Wildman–Crippen MR) is 108 cm³/mol. The summed E-state index contributed by atoms with van der Waals surface area (Å²) < 4.78 is 35.5. The summed E-state index contributed by atoms with van der Waals surface area (Å²) in [6.45, 7) is 1.03. The summed E-state index contributed by atoms with van der Waals surface area (Å²) in [4.78, 5) is 28.8. The van der Waals surface area contributed by atoms with Gasteiger partial charge < -0.3 is 29.9 Å². The van der Waals surface area contributed by atoms with Crippen LogP contribution in [0.15, 0.2) is 17.1 Å². The number of hydrogen-bond donors (Lipinski definition) is 3. The Morgan fingerprint density at radius 3 is 2.67 bits per heavy atom. The summed E-state index contributed by atoms with van der Waals surface area (Å²) in [7, 11) is -3.12. The van der Waals surface area contributed by atoms with Gasteiger partial charge in [-0.05, 0) is 18.3 Å². The van der Waals surface area contributed by atoms with Crippen LogP contribution in [0.2, 0.25) is 0 Å². The van der Waals surface area contributed by atoms with E-state index in [9.17, 15) is 28.2 Å². The number of amides is 1. The van der Waals surface area contributed by atoms with Gasteiger partial charge in [0.1, 0.15) is 18.0 Å². The van der Waals surface area contributed by atoms with Gasteiger partial charge in [0.25, 0.3) is 5.17 Å². The van der Waals surface area contributed by atoms with Crippen LogP contribution in [-0.4, -0.2) is 93.7 Å². The van der Waals surface area contributed by atoms with Gasteiger partial charge in [-0.2, -0.15) is 4.98 Å². The molecular weight excluding hydrogens is 440 g/mol. The molecule has 14 heteroatoms. The molecule has 30 heavy (non-hydrogen) atoms. The predicted octanol–water partition coefficient (Wildman–Crippen LogP) is -2.15. The number of aromatic nitrogens is 2. The molecule has 0 aromatic carbocycles. The molecule has 2 fully saturated rings. The van der Waals surface area contributed by atoms with Crippen LogP contribution in [0.25, 0.3) is 0 Å². The molecule has 2 aliphatic rings. The quantitative estimate of drug-likeness (QED) is 0.419. The molecule has 4 unspecified atom stereocenters. The highest BCUT2D eigenvalue weighted by atomic mass is 32.2. The fourth-order valence-corrected chi connectivity index (χ4v) is 4.66.